The van der Waals surface area contributed by atoms with E-state index in [-0.39, 0.29) is 5.78 Å². The largest absolute Gasteiger partial charge is 0.294 e. The minimum atomic E-state index is 0.130. The molecule has 14 heavy (non-hydrogen) atoms. The molecule has 70 valence electrons. The van der Waals surface area contributed by atoms with Crippen molar-refractivity contribution in [2.24, 2.45) is 0 Å². The number of rotatable bonds is 1. The van der Waals surface area contributed by atoms with Gasteiger partial charge >= 0.3 is 0 Å². The van der Waals surface area contributed by atoms with E-state index in [1.807, 2.05) is 37.3 Å². The summed E-state index contributed by atoms with van der Waals surface area (Å²) in [7, 11) is 0. The van der Waals surface area contributed by atoms with Crippen LogP contribution in [0.15, 0.2) is 36.4 Å². The molecule has 0 atom stereocenters. The summed E-state index contributed by atoms with van der Waals surface area (Å²) in [5.41, 5.74) is 1.95. The van der Waals surface area contributed by atoms with Gasteiger partial charge in [-0.25, -0.2) is 0 Å². The molecule has 0 aromatic heterocycles. The van der Waals surface area contributed by atoms with Crippen LogP contribution < -0.4 is 0 Å². The highest BCUT2D eigenvalue weighted by Gasteiger charge is 2.05. The van der Waals surface area contributed by atoms with E-state index in [2.05, 4.69) is 6.07 Å². The number of fused-ring (bicyclic) bond motifs is 1. The Labute approximate surface area is 83.4 Å². The second-order valence-corrected chi connectivity index (χ2v) is 3.59. The normalized spacial score (nSPS) is 10.4. The third-order valence-electron chi connectivity index (χ3n) is 2.39. The van der Waals surface area contributed by atoms with E-state index in [4.69, 9.17) is 0 Å². The highest BCUT2D eigenvalue weighted by atomic mass is 16.1. The molecule has 0 aliphatic carbocycles. The lowest BCUT2D eigenvalue weighted by molar-refractivity contribution is 0.101. The monoisotopic (exact) mass is 184 g/mol. The van der Waals surface area contributed by atoms with Crippen LogP contribution in [0.2, 0.25) is 0 Å². The number of Topliss-reactive ketones (excluding diaryl/α,β-unsaturated/α-hetero) is 1. The van der Waals surface area contributed by atoms with Crippen LogP contribution in [0.1, 0.15) is 22.8 Å². The number of hydrogen-bond donors (Lipinski definition) is 0. The zero-order valence-corrected chi connectivity index (χ0v) is 8.37. The summed E-state index contributed by atoms with van der Waals surface area (Å²) in [6, 6.07) is 12.0. The van der Waals surface area contributed by atoms with Gasteiger partial charge in [0, 0.05) is 5.56 Å². The maximum Gasteiger partial charge on any atom is 0.160 e. The Morgan fingerprint density at radius 1 is 1.14 bits per heavy atom. The Bertz CT molecular complexity index is 498. The molecule has 0 spiro atoms. The first-order valence-corrected chi connectivity index (χ1v) is 4.69. The first-order valence-electron chi connectivity index (χ1n) is 4.69. The molecule has 0 saturated carbocycles. The molecule has 1 heteroatoms. The summed E-state index contributed by atoms with van der Waals surface area (Å²) in [5, 5.41) is 2.18. The van der Waals surface area contributed by atoms with Gasteiger partial charge in [0.25, 0.3) is 0 Å². The van der Waals surface area contributed by atoms with Gasteiger partial charge in [0.2, 0.25) is 0 Å². The Morgan fingerprint density at radius 2 is 1.86 bits per heavy atom. The molecule has 0 fully saturated rings. The number of ketones is 1. The van der Waals surface area contributed by atoms with Gasteiger partial charge in [-0.2, -0.15) is 0 Å². The second kappa shape index (κ2) is 3.26. The van der Waals surface area contributed by atoms with Crippen molar-refractivity contribution in [1.29, 1.82) is 0 Å². The zero-order valence-electron chi connectivity index (χ0n) is 8.37. The molecular formula is C13H12O. The Hall–Kier alpha value is -1.63. The van der Waals surface area contributed by atoms with Gasteiger partial charge in [-0.05, 0) is 36.2 Å². The molecule has 2 aromatic rings. The summed E-state index contributed by atoms with van der Waals surface area (Å²) in [4.78, 5) is 11.4. The topological polar surface area (TPSA) is 17.1 Å². The van der Waals surface area contributed by atoms with Crippen molar-refractivity contribution in [3.8, 4) is 0 Å². The van der Waals surface area contributed by atoms with Crippen LogP contribution in [0, 0.1) is 6.92 Å². The van der Waals surface area contributed by atoms with Gasteiger partial charge in [0.05, 0.1) is 0 Å². The van der Waals surface area contributed by atoms with Crippen LogP contribution >= 0.6 is 0 Å². The van der Waals surface area contributed by atoms with Crippen molar-refractivity contribution in [2.45, 2.75) is 13.8 Å². The molecule has 0 bridgehead atoms. The Morgan fingerprint density at radius 3 is 2.57 bits per heavy atom. The average molecular weight is 184 g/mol. The van der Waals surface area contributed by atoms with Crippen LogP contribution in [0.3, 0.4) is 0 Å². The minimum Gasteiger partial charge on any atom is -0.294 e. The molecular weight excluding hydrogens is 172 g/mol. The van der Waals surface area contributed by atoms with Gasteiger partial charge in [0.1, 0.15) is 0 Å². The maximum absolute atomic E-state index is 11.4. The standard InChI is InChI=1S/C13H12O/c1-9-7-11-5-3-4-6-12(11)13(8-9)10(2)14/h3-8H,1-2H3. The zero-order chi connectivity index (χ0) is 10.1. The van der Waals surface area contributed by atoms with Crippen molar-refractivity contribution < 1.29 is 4.79 Å². The molecule has 0 aliphatic heterocycles. The van der Waals surface area contributed by atoms with Crippen LogP contribution in [0.4, 0.5) is 0 Å². The van der Waals surface area contributed by atoms with E-state index in [1.165, 1.54) is 0 Å². The molecule has 0 aliphatic rings. The fourth-order valence-electron chi connectivity index (χ4n) is 1.75. The highest BCUT2D eigenvalue weighted by molar-refractivity contribution is 6.07. The minimum absolute atomic E-state index is 0.130. The van der Waals surface area contributed by atoms with E-state index in [0.717, 1.165) is 21.9 Å². The molecule has 0 saturated heterocycles. The first-order chi connectivity index (χ1) is 6.68. The molecule has 0 N–H and O–H groups in total. The Balaban J connectivity index is 2.87. The van der Waals surface area contributed by atoms with E-state index >= 15 is 0 Å². The van der Waals surface area contributed by atoms with Crippen LogP contribution in [0.5, 0.6) is 0 Å². The number of benzene rings is 2. The molecule has 0 unspecified atom stereocenters. The molecule has 1 nitrogen and oxygen atoms in total. The lowest BCUT2D eigenvalue weighted by atomic mass is 9.99. The second-order valence-electron chi connectivity index (χ2n) is 3.59. The third kappa shape index (κ3) is 1.41. The Kier molecular flexibility index (Phi) is 2.08. The van der Waals surface area contributed by atoms with Gasteiger partial charge < -0.3 is 0 Å². The average Bonchev–Trinajstić information content (AvgIpc) is 2.16. The predicted octanol–water partition coefficient (Wildman–Crippen LogP) is 3.35. The summed E-state index contributed by atoms with van der Waals surface area (Å²) in [6.07, 6.45) is 0. The van der Waals surface area contributed by atoms with Crippen molar-refractivity contribution in [1.82, 2.24) is 0 Å². The van der Waals surface area contributed by atoms with Gasteiger partial charge in [-0.15, -0.1) is 0 Å². The third-order valence-corrected chi connectivity index (χ3v) is 2.39. The predicted molar refractivity (Wildman–Crippen MR) is 58.7 cm³/mol. The fourth-order valence-corrected chi connectivity index (χ4v) is 1.75. The quantitative estimate of drug-likeness (QED) is 0.621. The van der Waals surface area contributed by atoms with Crippen molar-refractivity contribution in [3.63, 3.8) is 0 Å². The van der Waals surface area contributed by atoms with Crippen LogP contribution in [-0.2, 0) is 0 Å². The van der Waals surface area contributed by atoms with Crippen LogP contribution in [-0.4, -0.2) is 5.78 Å². The number of carbonyl (C=O) groups excluding carboxylic acids is 1. The number of aryl methyl sites for hydroxylation is 1. The van der Waals surface area contributed by atoms with Gasteiger partial charge in [0.15, 0.2) is 5.78 Å². The highest BCUT2D eigenvalue weighted by Crippen LogP contribution is 2.21. The number of carbonyl (C=O) groups is 1. The van der Waals surface area contributed by atoms with Crippen molar-refractivity contribution in [3.05, 3.63) is 47.5 Å². The smallest absolute Gasteiger partial charge is 0.160 e. The lowest BCUT2D eigenvalue weighted by Gasteiger charge is -2.04. The van der Waals surface area contributed by atoms with E-state index in [1.54, 1.807) is 6.92 Å². The first kappa shape index (κ1) is 8.95. The fraction of sp³-hybridized carbons (Fsp3) is 0.154. The van der Waals surface area contributed by atoms with Crippen molar-refractivity contribution >= 4 is 16.6 Å². The molecule has 2 rings (SSSR count). The van der Waals surface area contributed by atoms with E-state index in [9.17, 15) is 4.79 Å². The van der Waals surface area contributed by atoms with Crippen LogP contribution in [0.25, 0.3) is 10.8 Å². The van der Waals surface area contributed by atoms with E-state index in [0.29, 0.717) is 0 Å². The molecule has 2 aromatic carbocycles. The summed E-state index contributed by atoms with van der Waals surface area (Å²) in [6.45, 7) is 3.63. The SMILES string of the molecule is CC(=O)c1cc(C)cc2ccccc12. The molecule has 0 radical (unpaired) electrons. The lowest BCUT2D eigenvalue weighted by Crippen LogP contribution is -1.94. The van der Waals surface area contributed by atoms with Gasteiger partial charge in [-0.1, -0.05) is 30.3 Å². The summed E-state index contributed by atoms with van der Waals surface area (Å²) in [5.74, 6) is 0.130. The van der Waals surface area contributed by atoms with Gasteiger partial charge in [-0.3, -0.25) is 4.79 Å². The molecule has 0 heterocycles. The molecule has 0 amide bonds. The van der Waals surface area contributed by atoms with Crippen molar-refractivity contribution in [2.75, 3.05) is 0 Å². The number of hydrogen-bond acceptors (Lipinski definition) is 1. The maximum atomic E-state index is 11.4. The summed E-state index contributed by atoms with van der Waals surface area (Å²) < 4.78 is 0. The van der Waals surface area contributed by atoms with E-state index < -0.39 is 0 Å². The summed E-state index contributed by atoms with van der Waals surface area (Å²) >= 11 is 0.